The Labute approximate surface area is 206 Å². The van der Waals surface area contributed by atoms with Crippen LogP contribution in [0.2, 0.25) is 0 Å². The highest BCUT2D eigenvalue weighted by molar-refractivity contribution is 7.87. The van der Waals surface area contributed by atoms with E-state index in [0.29, 0.717) is 16.9 Å². The number of aromatic nitrogens is 2. The molecule has 1 fully saturated rings. The fourth-order valence-corrected chi connectivity index (χ4v) is 4.98. The van der Waals surface area contributed by atoms with Crippen molar-refractivity contribution in [1.82, 2.24) is 18.4 Å². The Hall–Kier alpha value is -3.32. The summed E-state index contributed by atoms with van der Waals surface area (Å²) in [6.45, 7) is 0.823. The smallest absolute Gasteiger partial charge is 0.303 e. The van der Waals surface area contributed by atoms with Crippen molar-refractivity contribution in [2.45, 2.75) is 25.6 Å². The number of carbonyl (C=O) groups is 1. The first-order chi connectivity index (χ1) is 17.1. The quantitative estimate of drug-likeness (QED) is 0.462. The van der Waals surface area contributed by atoms with Crippen molar-refractivity contribution >= 4 is 27.5 Å². The number of imidazole rings is 1. The molecule has 0 saturated carbocycles. The number of halogens is 3. The summed E-state index contributed by atoms with van der Waals surface area (Å²) in [4.78, 5) is 18.6. The number of anilines is 1. The van der Waals surface area contributed by atoms with Gasteiger partial charge in [0.2, 0.25) is 0 Å². The third-order valence-corrected chi connectivity index (χ3v) is 7.57. The molecule has 36 heavy (non-hydrogen) atoms. The Morgan fingerprint density at radius 2 is 2.08 bits per heavy atom. The van der Waals surface area contributed by atoms with Crippen LogP contribution in [-0.4, -0.2) is 67.6 Å². The minimum atomic E-state index is -4.04. The highest BCUT2D eigenvalue weighted by Gasteiger charge is 2.36. The lowest BCUT2D eigenvalue weighted by Gasteiger charge is -2.28. The summed E-state index contributed by atoms with van der Waals surface area (Å²) >= 11 is 0. The number of fused-ring (bicyclic) bond motifs is 1. The van der Waals surface area contributed by atoms with Crippen LogP contribution in [0.3, 0.4) is 0 Å². The van der Waals surface area contributed by atoms with Crippen LogP contribution in [0.25, 0.3) is 5.65 Å². The second-order valence-electron chi connectivity index (χ2n) is 8.33. The standard InChI is InChI=1S/C23H26F3N5O4S/c1-3-29(2)36(33,34)28-23(32)20-12-27-22-7-5-17(14-31(20)22)30-13-16(26)11-19(30)18-10-15(25)4-6-21(18)35-9-8-24/h4-7,10,12,14,16,19H,3,8-9,11,13H2,1-2H3,(H,28,32). The van der Waals surface area contributed by atoms with E-state index in [4.69, 9.17) is 4.74 Å². The molecule has 4 rings (SSSR count). The van der Waals surface area contributed by atoms with Crippen LogP contribution in [0.1, 0.15) is 35.4 Å². The Morgan fingerprint density at radius 3 is 2.81 bits per heavy atom. The highest BCUT2D eigenvalue weighted by Crippen LogP contribution is 2.41. The molecule has 1 aliphatic rings. The summed E-state index contributed by atoms with van der Waals surface area (Å²) in [7, 11) is -2.71. The number of nitrogens with zero attached hydrogens (tertiary/aromatic N) is 4. The molecule has 13 heteroatoms. The average molecular weight is 526 g/mol. The summed E-state index contributed by atoms with van der Waals surface area (Å²) in [5.41, 5.74) is 1.20. The Balaban J connectivity index is 1.70. The monoisotopic (exact) mass is 525 g/mol. The molecule has 1 aromatic carbocycles. The molecule has 2 atom stereocenters. The molecular weight excluding hydrogens is 499 g/mol. The molecule has 194 valence electrons. The second kappa shape index (κ2) is 10.3. The molecule has 1 N–H and O–H groups in total. The third-order valence-electron chi connectivity index (χ3n) is 6.05. The molecule has 9 nitrogen and oxygen atoms in total. The molecule has 3 heterocycles. The lowest BCUT2D eigenvalue weighted by molar-refractivity contribution is 0.0974. The van der Waals surface area contributed by atoms with Gasteiger partial charge < -0.3 is 9.64 Å². The van der Waals surface area contributed by atoms with Crippen molar-refractivity contribution in [3.05, 3.63) is 59.8 Å². The summed E-state index contributed by atoms with van der Waals surface area (Å²) < 4.78 is 75.9. The highest BCUT2D eigenvalue weighted by atomic mass is 32.2. The fourth-order valence-electron chi connectivity index (χ4n) is 4.15. The average Bonchev–Trinajstić information content (AvgIpc) is 3.45. The maximum atomic E-state index is 14.6. The Kier molecular flexibility index (Phi) is 7.41. The van der Waals surface area contributed by atoms with E-state index in [1.165, 1.54) is 35.8 Å². The van der Waals surface area contributed by atoms with Crippen LogP contribution < -0.4 is 14.4 Å². The number of carbonyl (C=O) groups excluding carboxylic acids is 1. The summed E-state index contributed by atoms with van der Waals surface area (Å²) in [6.07, 6.45) is 1.60. The summed E-state index contributed by atoms with van der Waals surface area (Å²) in [6, 6.07) is 6.48. The zero-order valence-corrected chi connectivity index (χ0v) is 20.5. The van der Waals surface area contributed by atoms with Gasteiger partial charge in [-0.25, -0.2) is 22.9 Å². The van der Waals surface area contributed by atoms with E-state index in [1.807, 2.05) is 4.72 Å². The topological polar surface area (TPSA) is 96.2 Å². The van der Waals surface area contributed by atoms with Crippen LogP contribution >= 0.6 is 0 Å². The molecular formula is C23H26F3N5O4S. The van der Waals surface area contributed by atoms with Gasteiger partial charge in [0.1, 0.15) is 42.4 Å². The number of rotatable bonds is 9. The van der Waals surface area contributed by atoms with Gasteiger partial charge in [0.05, 0.1) is 17.9 Å². The van der Waals surface area contributed by atoms with Gasteiger partial charge in [-0.2, -0.15) is 12.7 Å². The van der Waals surface area contributed by atoms with Gasteiger partial charge in [0, 0.05) is 38.3 Å². The van der Waals surface area contributed by atoms with Gasteiger partial charge in [-0.1, -0.05) is 6.92 Å². The molecule has 1 saturated heterocycles. The molecule has 3 aromatic rings. The van der Waals surface area contributed by atoms with E-state index in [-0.39, 0.29) is 37.6 Å². The summed E-state index contributed by atoms with van der Waals surface area (Å²) in [5, 5.41) is 0. The SMILES string of the molecule is CCN(C)S(=O)(=O)NC(=O)c1cnc2ccc(N3CC(F)CC3c3cc(F)ccc3OCCF)cn12. The van der Waals surface area contributed by atoms with Crippen LogP contribution in [0.15, 0.2) is 42.7 Å². The maximum absolute atomic E-state index is 14.6. The number of amides is 1. The number of pyridine rings is 1. The second-order valence-corrected chi connectivity index (χ2v) is 10.1. The normalized spacial score (nSPS) is 18.2. The first-order valence-electron chi connectivity index (χ1n) is 11.3. The van der Waals surface area contributed by atoms with Crippen molar-refractivity contribution in [2.75, 3.05) is 38.3 Å². The Morgan fingerprint density at radius 1 is 1.31 bits per heavy atom. The lowest BCUT2D eigenvalue weighted by Crippen LogP contribution is -2.41. The number of hydrogen-bond acceptors (Lipinski definition) is 6. The van der Waals surface area contributed by atoms with Gasteiger partial charge in [0.25, 0.3) is 5.91 Å². The van der Waals surface area contributed by atoms with Crippen molar-refractivity contribution < 1.29 is 31.1 Å². The molecule has 0 radical (unpaired) electrons. The van der Waals surface area contributed by atoms with Crippen molar-refractivity contribution in [3.8, 4) is 5.75 Å². The number of alkyl halides is 2. The zero-order valence-electron chi connectivity index (χ0n) is 19.7. The van der Waals surface area contributed by atoms with E-state index in [0.717, 1.165) is 4.31 Å². The molecule has 0 spiro atoms. The number of benzene rings is 1. The van der Waals surface area contributed by atoms with Gasteiger partial charge in [-0.3, -0.25) is 9.20 Å². The Bertz CT molecular complexity index is 1370. The number of nitrogens with one attached hydrogen (secondary N) is 1. The minimum absolute atomic E-state index is 0.0128. The van der Waals surface area contributed by atoms with Crippen LogP contribution in [-0.2, 0) is 10.2 Å². The molecule has 2 aromatic heterocycles. The van der Waals surface area contributed by atoms with E-state index in [9.17, 15) is 26.4 Å². The van der Waals surface area contributed by atoms with E-state index < -0.39 is 40.8 Å². The van der Waals surface area contributed by atoms with Crippen LogP contribution in [0, 0.1) is 5.82 Å². The van der Waals surface area contributed by atoms with E-state index in [1.54, 1.807) is 30.2 Å². The van der Waals surface area contributed by atoms with Crippen LogP contribution in [0.5, 0.6) is 5.75 Å². The zero-order chi connectivity index (χ0) is 26.0. The largest absolute Gasteiger partial charge is 0.490 e. The molecule has 1 amide bonds. The minimum Gasteiger partial charge on any atom is -0.490 e. The first kappa shape index (κ1) is 25.8. The van der Waals surface area contributed by atoms with Gasteiger partial charge in [0.15, 0.2) is 0 Å². The van der Waals surface area contributed by atoms with Crippen molar-refractivity contribution in [1.29, 1.82) is 0 Å². The van der Waals surface area contributed by atoms with Gasteiger partial charge in [-0.05, 0) is 30.3 Å². The maximum Gasteiger partial charge on any atom is 0.303 e. The molecule has 0 aliphatic carbocycles. The number of ether oxygens (including phenoxy) is 1. The summed E-state index contributed by atoms with van der Waals surface area (Å²) in [5.74, 6) is -1.16. The lowest BCUT2D eigenvalue weighted by atomic mass is 10.0. The molecule has 0 bridgehead atoms. The van der Waals surface area contributed by atoms with Crippen LogP contribution in [0.4, 0.5) is 18.9 Å². The van der Waals surface area contributed by atoms with E-state index in [2.05, 4.69) is 4.98 Å². The van der Waals surface area contributed by atoms with Crippen molar-refractivity contribution in [2.24, 2.45) is 0 Å². The van der Waals surface area contributed by atoms with E-state index >= 15 is 0 Å². The van der Waals surface area contributed by atoms with Gasteiger partial charge in [-0.15, -0.1) is 0 Å². The molecule has 1 aliphatic heterocycles. The molecule has 2 unspecified atom stereocenters. The van der Waals surface area contributed by atoms with Crippen molar-refractivity contribution in [3.63, 3.8) is 0 Å². The third kappa shape index (κ3) is 5.12. The predicted octanol–water partition coefficient (Wildman–Crippen LogP) is 3.04. The first-order valence-corrected chi connectivity index (χ1v) is 12.7. The predicted molar refractivity (Wildman–Crippen MR) is 127 cm³/mol. The van der Waals surface area contributed by atoms with Gasteiger partial charge >= 0.3 is 10.2 Å². The fraction of sp³-hybridized carbons (Fsp3) is 0.391. The number of hydrogen-bond donors (Lipinski definition) is 1.